The molecule has 0 bridgehead atoms. The number of nitrogens with one attached hydrogen (secondary N) is 1. The van der Waals surface area contributed by atoms with Gasteiger partial charge in [-0.3, -0.25) is 9.59 Å². The van der Waals surface area contributed by atoms with Crippen molar-refractivity contribution in [1.82, 2.24) is 15.1 Å². The van der Waals surface area contributed by atoms with Gasteiger partial charge in [-0.2, -0.15) is 5.10 Å². The maximum atomic E-state index is 12.3. The second kappa shape index (κ2) is 6.89. The number of carbonyl (C=O) groups is 1. The van der Waals surface area contributed by atoms with Crippen molar-refractivity contribution < 1.29 is 4.79 Å². The highest BCUT2D eigenvalue weighted by atomic mass is 16.1. The quantitative estimate of drug-likeness (QED) is 0.797. The molecule has 0 fully saturated rings. The number of hydrogen-bond donors (Lipinski definition) is 1. The van der Waals surface area contributed by atoms with E-state index in [1.807, 2.05) is 56.3 Å². The lowest BCUT2D eigenvalue weighted by atomic mass is 10.00. The summed E-state index contributed by atoms with van der Waals surface area (Å²) in [6, 6.07) is 13.5. The maximum Gasteiger partial charge on any atom is 0.274 e. The van der Waals surface area contributed by atoms with Gasteiger partial charge in [0.25, 0.3) is 5.56 Å². The van der Waals surface area contributed by atoms with Gasteiger partial charge in [-0.15, -0.1) is 0 Å². The lowest BCUT2D eigenvalue weighted by molar-refractivity contribution is -0.120. The summed E-state index contributed by atoms with van der Waals surface area (Å²) >= 11 is 0. The largest absolute Gasteiger partial charge is 0.352 e. The van der Waals surface area contributed by atoms with E-state index in [-0.39, 0.29) is 11.5 Å². The van der Waals surface area contributed by atoms with Crippen LogP contribution in [0.15, 0.2) is 47.3 Å². The fourth-order valence-electron chi connectivity index (χ4n) is 2.84. The van der Waals surface area contributed by atoms with Crippen LogP contribution in [0.3, 0.4) is 0 Å². The average Bonchev–Trinajstić information content (AvgIpc) is 2.64. The molecule has 1 N–H and O–H groups in total. The Morgan fingerprint density at radius 2 is 1.88 bits per heavy atom. The summed E-state index contributed by atoms with van der Waals surface area (Å²) in [5, 5.41) is 8.86. The molecule has 2 aromatic carbocycles. The topological polar surface area (TPSA) is 64.0 Å². The third kappa shape index (κ3) is 3.31. The van der Waals surface area contributed by atoms with Crippen LogP contribution in [-0.4, -0.2) is 15.7 Å². The summed E-state index contributed by atoms with van der Waals surface area (Å²) in [5.74, 6) is 0.0236. The highest BCUT2D eigenvalue weighted by molar-refractivity contribution is 5.93. The number of aromatic nitrogens is 2. The minimum Gasteiger partial charge on any atom is -0.352 e. The van der Waals surface area contributed by atoms with Gasteiger partial charge in [-0.05, 0) is 30.2 Å². The number of carbonyl (C=O) groups excluding carboxylic acids is 1. The lowest BCUT2D eigenvalue weighted by Crippen LogP contribution is -2.22. The van der Waals surface area contributed by atoms with Crippen molar-refractivity contribution in [2.45, 2.75) is 26.8 Å². The van der Waals surface area contributed by atoms with E-state index in [2.05, 4.69) is 10.4 Å². The molecule has 0 spiro atoms. The van der Waals surface area contributed by atoms with E-state index in [0.29, 0.717) is 18.4 Å². The smallest absolute Gasteiger partial charge is 0.274 e. The molecule has 25 heavy (non-hydrogen) atoms. The predicted molar refractivity (Wildman–Crippen MR) is 99.3 cm³/mol. The van der Waals surface area contributed by atoms with E-state index in [4.69, 9.17) is 0 Å². The summed E-state index contributed by atoms with van der Waals surface area (Å²) in [6.07, 6.45) is 0.464. The molecule has 3 aromatic rings. The molecule has 0 atom stereocenters. The third-order valence-corrected chi connectivity index (χ3v) is 4.38. The number of benzene rings is 2. The van der Waals surface area contributed by atoms with Crippen molar-refractivity contribution in [3.05, 3.63) is 63.9 Å². The van der Waals surface area contributed by atoms with Gasteiger partial charge in [-0.25, -0.2) is 4.68 Å². The Morgan fingerprint density at radius 1 is 1.16 bits per heavy atom. The van der Waals surface area contributed by atoms with Gasteiger partial charge < -0.3 is 5.32 Å². The highest BCUT2D eigenvalue weighted by Gasteiger charge is 2.12. The van der Waals surface area contributed by atoms with Gasteiger partial charge in [0.1, 0.15) is 0 Å². The Balaban J connectivity index is 2.11. The maximum absolute atomic E-state index is 12.3. The van der Waals surface area contributed by atoms with Gasteiger partial charge in [0.15, 0.2) is 0 Å². The van der Waals surface area contributed by atoms with E-state index < -0.39 is 0 Å². The normalized spacial score (nSPS) is 10.8. The molecule has 1 heterocycles. The summed E-state index contributed by atoms with van der Waals surface area (Å²) in [5.41, 5.74) is 3.73. The molecule has 0 saturated heterocycles. The fraction of sp³-hybridized carbons (Fsp3) is 0.250. The summed E-state index contributed by atoms with van der Waals surface area (Å²) in [7, 11) is 1.66. The van der Waals surface area contributed by atoms with E-state index in [1.165, 1.54) is 4.68 Å². The van der Waals surface area contributed by atoms with Gasteiger partial charge in [0.05, 0.1) is 11.1 Å². The zero-order chi connectivity index (χ0) is 18.0. The highest BCUT2D eigenvalue weighted by Crippen LogP contribution is 2.26. The molecule has 0 saturated carbocycles. The molecule has 0 radical (unpaired) electrons. The Bertz CT molecular complexity index is 1010. The molecule has 5 nitrogen and oxygen atoms in total. The number of aryl methyl sites for hydroxylation is 2. The number of amides is 1. The number of hydrogen-bond acceptors (Lipinski definition) is 3. The van der Waals surface area contributed by atoms with E-state index in [0.717, 1.165) is 27.8 Å². The molecule has 0 unspecified atom stereocenters. The first-order valence-electron chi connectivity index (χ1n) is 8.34. The van der Waals surface area contributed by atoms with Crippen LogP contribution in [-0.2, 0) is 18.4 Å². The second-order valence-corrected chi connectivity index (χ2v) is 6.09. The Morgan fingerprint density at radius 3 is 2.60 bits per heavy atom. The second-order valence-electron chi connectivity index (χ2n) is 6.09. The van der Waals surface area contributed by atoms with Crippen LogP contribution in [0.25, 0.3) is 22.0 Å². The Hall–Kier alpha value is -2.95. The molecule has 0 aliphatic carbocycles. The van der Waals surface area contributed by atoms with Crippen LogP contribution >= 0.6 is 0 Å². The molecule has 128 valence electrons. The molecule has 0 aliphatic rings. The molecular weight excluding hydrogens is 314 g/mol. The summed E-state index contributed by atoms with van der Waals surface area (Å²) in [6.45, 7) is 4.33. The first-order valence-corrected chi connectivity index (χ1v) is 8.34. The van der Waals surface area contributed by atoms with Crippen LogP contribution in [0.2, 0.25) is 0 Å². The number of nitrogens with zero attached hydrogens (tertiary/aromatic N) is 2. The standard InChI is InChI=1S/C20H21N3O2/c1-4-18(24)21-12-15-11-14(10-9-13(15)2)19-16-7-5-6-8-17(16)20(25)23(3)22-19/h5-11H,4,12H2,1-3H3,(H,21,24). The first kappa shape index (κ1) is 16.9. The van der Waals surface area contributed by atoms with Crippen LogP contribution in [0.4, 0.5) is 0 Å². The van der Waals surface area contributed by atoms with E-state index in [1.54, 1.807) is 7.05 Å². The lowest BCUT2D eigenvalue weighted by Gasteiger charge is -2.12. The average molecular weight is 335 g/mol. The zero-order valence-electron chi connectivity index (χ0n) is 14.7. The van der Waals surface area contributed by atoms with Gasteiger partial charge in [-0.1, -0.05) is 37.3 Å². The molecule has 3 rings (SSSR count). The number of rotatable bonds is 4. The first-order chi connectivity index (χ1) is 12.0. The van der Waals surface area contributed by atoms with Crippen molar-refractivity contribution in [2.75, 3.05) is 0 Å². The molecule has 1 aromatic heterocycles. The van der Waals surface area contributed by atoms with Gasteiger partial charge in [0.2, 0.25) is 5.91 Å². The Kier molecular flexibility index (Phi) is 4.65. The molecule has 5 heteroatoms. The summed E-state index contributed by atoms with van der Waals surface area (Å²) in [4.78, 5) is 23.8. The molecule has 1 amide bonds. The van der Waals surface area contributed by atoms with Gasteiger partial charge >= 0.3 is 0 Å². The molecular formula is C20H21N3O2. The van der Waals surface area contributed by atoms with Crippen molar-refractivity contribution in [1.29, 1.82) is 0 Å². The van der Waals surface area contributed by atoms with Crippen LogP contribution < -0.4 is 10.9 Å². The van der Waals surface area contributed by atoms with Crippen LogP contribution in [0.5, 0.6) is 0 Å². The number of fused-ring (bicyclic) bond motifs is 1. The third-order valence-electron chi connectivity index (χ3n) is 4.38. The molecule has 0 aliphatic heterocycles. The van der Waals surface area contributed by atoms with E-state index in [9.17, 15) is 9.59 Å². The van der Waals surface area contributed by atoms with E-state index >= 15 is 0 Å². The van der Waals surface area contributed by atoms with Crippen molar-refractivity contribution in [2.24, 2.45) is 7.05 Å². The predicted octanol–water partition coefficient (Wildman–Crippen LogP) is 2.94. The van der Waals surface area contributed by atoms with Crippen LogP contribution in [0.1, 0.15) is 24.5 Å². The zero-order valence-corrected chi connectivity index (χ0v) is 14.7. The van der Waals surface area contributed by atoms with Crippen molar-refractivity contribution >= 4 is 16.7 Å². The summed E-state index contributed by atoms with van der Waals surface area (Å²) < 4.78 is 1.37. The van der Waals surface area contributed by atoms with Gasteiger partial charge in [0, 0.05) is 31.0 Å². The van der Waals surface area contributed by atoms with Crippen molar-refractivity contribution in [3.8, 4) is 11.3 Å². The van der Waals surface area contributed by atoms with Crippen LogP contribution in [0, 0.1) is 6.92 Å². The Labute approximate surface area is 146 Å². The fourth-order valence-corrected chi connectivity index (χ4v) is 2.84. The minimum absolute atomic E-state index is 0.0236. The minimum atomic E-state index is -0.109. The SMILES string of the molecule is CCC(=O)NCc1cc(-c2nn(C)c(=O)c3ccccc23)ccc1C. The monoisotopic (exact) mass is 335 g/mol. The van der Waals surface area contributed by atoms with Crippen molar-refractivity contribution in [3.63, 3.8) is 0 Å².